The Balaban J connectivity index is 3.39. The number of aromatic carboxylic acids is 1. The predicted octanol–water partition coefficient (Wildman–Crippen LogP) is 2.01. The van der Waals surface area contributed by atoms with Gasteiger partial charge in [0.05, 0.1) is 3.57 Å². The molecule has 0 fully saturated rings. The number of hydrogen-bond acceptors (Lipinski definition) is 2. The molecule has 3 nitrogen and oxygen atoms in total. The summed E-state index contributed by atoms with van der Waals surface area (Å²) < 4.78 is 23.4. The minimum atomic E-state index is -1.63. The molecule has 0 radical (unpaired) electrons. The van der Waals surface area contributed by atoms with E-state index < -0.39 is 38.5 Å². The predicted molar refractivity (Wildman–Crippen MR) is 46.8 cm³/mol. The number of hydrogen-bond donors (Lipinski definition) is 1. The van der Waals surface area contributed by atoms with Crippen molar-refractivity contribution in [1.82, 2.24) is 0 Å². The third-order valence-corrected chi connectivity index (χ3v) is 2.63. The minimum Gasteiger partial charge on any atom is -0.478 e. The Morgan fingerprint density at radius 1 is 1.50 bits per heavy atom. The zero-order chi connectivity index (χ0) is 9.14. The van der Waals surface area contributed by atoms with Crippen molar-refractivity contribution >= 4 is 27.2 Å². The van der Waals surface area contributed by atoms with Gasteiger partial charge in [0, 0.05) is 0 Å². The summed E-state index contributed by atoms with van der Waals surface area (Å²) in [4.78, 5) is 10.4. The Hall–Kier alpha value is -0.850. The Morgan fingerprint density at radius 3 is 2.58 bits per heavy atom. The van der Waals surface area contributed by atoms with Crippen LogP contribution in [0.15, 0.2) is 18.2 Å². The van der Waals surface area contributed by atoms with Crippen molar-refractivity contribution in [3.05, 3.63) is 33.1 Å². The van der Waals surface area contributed by atoms with Gasteiger partial charge in [-0.05, 0) is 12.1 Å². The van der Waals surface area contributed by atoms with Crippen LogP contribution in [0.4, 0.5) is 4.39 Å². The molecule has 1 aromatic carbocycles. The van der Waals surface area contributed by atoms with Crippen LogP contribution in [0, 0.1) is 9.39 Å². The summed E-state index contributed by atoms with van der Waals surface area (Å²) in [6, 6.07) is 3.73. The van der Waals surface area contributed by atoms with Crippen molar-refractivity contribution in [1.29, 1.82) is 0 Å². The van der Waals surface area contributed by atoms with E-state index in [1.165, 1.54) is 12.1 Å². The summed E-state index contributed by atoms with van der Waals surface area (Å²) >= 11 is -1.63. The molecule has 1 aromatic rings. The van der Waals surface area contributed by atoms with Gasteiger partial charge in [-0.3, -0.25) is 3.07 Å². The third kappa shape index (κ3) is 1.66. The van der Waals surface area contributed by atoms with Gasteiger partial charge in [-0.1, -0.05) is 6.07 Å². The molecule has 0 aromatic heterocycles. The quantitative estimate of drug-likeness (QED) is 0.844. The van der Waals surface area contributed by atoms with Crippen molar-refractivity contribution in [2.45, 2.75) is 0 Å². The zero-order valence-corrected chi connectivity index (χ0v) is 7.91. The van der Waals surface area contributed by atoms with Crippen LogP contribution in [-0.2, 0) is 3.07 Å². The van der Waals surface area contributed by atoms with Crippen LogP contribution in [0.2, 0.25) is 0 Å². The molecular formula is C7H4FIO3. The van der Waals surface area contributed by atoms with Crippen LogP contribution in [-0.4, -0.2) is 11.1 Å². The van der Waals surface area contributed by atoms with Gasteiger partial charge in [0.2, 0.25) is 0 Å². The normalized spacial score (nSPS) is 9.75. The lowest BCUT2D eigenvalue weighted by Crippen LogP contribution is -2.03. The van der Waals surface area contributed by atoms with E-state index in [9.17, 15) is 12.3 Å². The van der Waals surface area contributed by atoms with Crippen LogP contribution in [0.1, 0.15) is 10.4 Å². The van der Waals surface area contributed by atoms with Gasteiger partial charge in [0.1, 0.15) is 11.4 Å². The molecule has 12 heavy (non-hydrogen) atoms. The first kappa shape index (κ1) is 9.24. The van der Waals surface area contributed by atoms with Gasteiger partial charge in [0.25, 0.3) is 0 Å². The number of halogens is 2. The topological polar surface area (TPSA) is 54.4 Å². The van der Waals surface area contributed by atoms with E-state index in [0.717, 1.165) is 6.07 Å². The maximum atomic E-state index is 12.8. The van der Waals surface area contributed by atoms with Gasteiger partial charge < -0.3 is 5.11 Å². The number of rotatable bonds is 2. The maximum absolute atomic E-state index is 12.8. The second-order valence-electron chi connectivity index (χ2n) is 1.98. The van der Waals surface area contributed by atoms with Gasteiger partial charge in [0.15, 0.2) is 21.2 Å². The van der Waals surface area contributed by atoms with E-state index in [1.807, 2.05) is 0 Å². The van der Waals surface area contributed by atoms with Crippen LogP contribution >= 0.6 is 21.2 Å². The molecule has 0 bridgehead atoms. The van der Waals surface area contributed by atoms with E-state index in [2.05, 4.69) is 0 Å². The van der Waals surface area contributed by atoms with E-state index in [4.69, 9.17) is 5.11 Å². The summed E-state index contributed by atoms with van der Waals surface area (Å²) in [5, 5.41) is 8.52. The molecule has 64 valence electrons. The summed E-state index contributed by atoms with van der Waals surface area (Å²) in [6.07, 6.45) is 0. The number of carboxylic acid groups (broad SMARTS) is 1. The van der Waals surface area contributed by atoms with Crippen LogP contribution in [0.3, 0.4) is 0 Å². The number of carbonyl (C=O) groups is 1. The van der Waals surface area contributed by atoms with Crippen molar-refractivity contribution < 1.29 is 17.4 Å². The first-order chi connectivity index (χ1) is 5.66. The fourth-order valence-electron chi connectivity index (χ4n) is 0.766. The fraction of sp³-hybridized carbons (Fsp3) is 0. The van der Waals surface area contributed by atoms with Crippen LogP contribution in [0.25, 0.3) is 0 Å². The SMILES string of the molecule is O=Ic1cccc(F)c1C(=O)O. The third-order valence-electron chi connectivity index (χ3n) is 1.26. The van der Waals surface area contributed by atoms with E-state index in [-0.39, 0.29) is 3.57 Å². The highest BCUT2D eigenvalue weighted by molar-refractivity contribution is 14.1. The summed E-state index contributed by atoms with van der Waals surface area (Å²) in [6.45, 7) is 0. The maximum Gasteiger partial charge on any atom is 0.339 e. The lowest BCUT2D eigenvalue weighted by molar-refractivity contribution is 0.0690. The minimum absolute atomic E-state index is 0.0845. The first-order valence-corrected chi connectivity index (χ1v) is 4.91. The number of benzene rings is 1. The van der Waals surface area contributed by atoms with E-state index in [1.54, 1.807) is 0 Å². The molecule has 0 amide bonds. The lowest BCUT2D eigenvalue weighted by atomic mass is 10.2. The van der Waals surface area contributed by atoms with Gasteiger partial charge >= 0.3 is 5.97 Å². The average Bonchev–Trinajstić information content (AvgIpc) is 2.03. The molecular weight excluding hydrogens is 278 g/mol. The molecule has 0 spiro atoms. The molecule has 0 aliphatic carbocycles. The Bertz CT molecular complexity index is 337. The Kier molecular flexibility index (Phi) is 2.85. The molecule has 1 N–H and O–H groups in total. The average molecular weight is 282 g/mol. The molecule has 0 saturated carbocycles. The van der Waals surface area contributed by atoms with E-state index in [0.29, 0.717) is 0 Å². The molecule has 5 heteroatoms. The van der Waals surface area contributed by atoms with Crippen molar-refractivity contribution in [3.8, 4) is 0 Å². The zero-order valence-electron chi connectivity index (χ0n) is 5.75. The van der Waals surface area contributed by atoms with Crippen molar-refractivity contribution in [2.24, 2.45) is 0 Å². The standard InChI is InChI=1S/C7H4FIO3/c8-4-2-1-3-5(9-12)6(4)7(10)11/h1-3H,(H,10,11). The highest BCUT2D eigenvalue weighted by atomic mass is 127. The molecule has 0 unspecified atom stereocenters. The molecule has 0 saturated heterocycles. The summed E-state index contributed by atoms with van der Waals surface area (Å²) in [7, 11) is 0. The number of carboxylic acids is 1. The smallest absolute Gasteiger partial charge is 0.339 e. The van der Waals surface area contributed by atoms with Crippen LogP contribution < -0.4 is 0 Å². The second kappa shape index (κ2) is 3.70. The monoisotopic (exact) mass is 282 g/mol. The first-order valence-electron chi connectivity index (χ1n) is 2.95. The van der Waals surface area contributed by atoms with E-state index >= 15 is 0 Å². The highest BCUT2D eigenvalue weighted by Crippen LogP contribution is 2.18. The molecule has 0 atom stereocenters. The van der Waals surface area contributed by atoms with Gasteiger partial charge in [-0.25, -0.2) is 9.18 Å². The molecule has 1 rings (SSSR count). The molecule has 0 aliphatic heterocycles. The Labute approximate surface area is 77.9 Å². The fourth-order valence-corrected chi connectivity index (χ4v) is 1.83. The van der Waals surface area contributed by atoms with Gasteiger partial charge in [-0.15, -0.1) is 0 Å². The largest absolute Gasteiger partial charge is 0.478 e. The molecule has 0 heterocycles. The van der Waals surface area contributed by atoms with Gasteiger partial charge in [-0.2, -0.15) is 0 Å². The second-order valence-corrected chi connectivity index (χ2v) is 3.58. The Morgan fingerprint density at radius 2 is 2.17 bits per heavy atom. The molecule has 0 aliphatic rings. The summed E-state index contributed by atoms with van der Waals surface area (Å²) in [5.74, 6) is -2.21. The van der Waals surface area contributed by atoms with Crippen molar-refractivity contribution in [2.75, 3.05) is 0 Å². The van der Waals surface area contributed by atoms with Crippen molar-refractivity contribution in [3.63, 3.8) is 0 Å². The highest BCUT2D eigenvalue weighted by Gasteiger charge is 2.14. The lowest BCUT2D eigenvalue weighted by Gasteiger charge is -1.97. The van der Waals surface area contributed by atoms with Crippen LogP contribution in [0.5, 0.6) is 0 Å². The summed E-state index contributed by atoms with van der Waals surface area (Å²) in [5.41, 5.74) is -0.472.